The van der Waals surface area contributed by atoms with E-state index in [2.05, 4.69) is 34.3 Å². The highest BCUT2D eigenvalue weighted by atomic mass is 32.2. The molecule has 2 aliphatic rings. The summed E-state index contributed by atoms with van der Waals surface area (Å²) in [6.07, 6.45) is 5.36. The Hall–Kier alpha value is -3.25. The van der Waals surface area contributed by atoms with E-state index in [1.165, 1.54) is 5.56 Å². The number of sulfonamides is 1. The van der Waals surface area contributed by atoms with Gasteiger partial charge in [-0.3, -0.25) is 4.72 Å². The molecule has 0 amide bonds. The molecule has 3 aromatic carbocycles. The fraction of sp³-hybridized carbons (Fsp3) is 0.259. The molecule has 1 aliphatic carbocycles. The van der Waals surface area contributed by atoms with Gasteiger partial charge >= 0.3 is 0 Å². The number of nitrogens with one attached hydrogen (secondary N) is 2. The van der Waals surface area contributed by atoms with Crippen LogP contribution in [0.5, 0.6) is 5.75 Å². The molecular weight excluding hydrogens is 432 g/mol. The van der Waals surface area contributed by atoms with E-state index in [1.807, 2.05) is 56.3 Å². The van der Waals surface area contributed by atoms with E-state index in [1.54, 1.807) is 13.2 Å². The van der Waals surface area contributed by atoms with Gasteiger partial charge in [0.15, 0.2) is 0 Å². The van der Waals surface area contributed by atoms with Crippen molar-refractivity contribution in [2.75, 3.05) is 17.1 Å². The minimum atomic E-state index is -3.70. The molecule has 5 nitrogen and oxygen atoms in total. The van der Waals surface area contributed by atoms with E-state index >= 15 is 0 Å². The number of allylic oxidation sites excluding steroid dienone is 2. The Balaban J connectivity index is 1.49. The van der Waals surface area contributed by atoms with Crippen molar-refractivity contribution >= 4 is 21.4 Å². The molecule has 3 atom stereocenters. The molecule has 0 fully saturated rings. The van der Waals surface area contributed by atoms with Crippen LogP contribution >= 0.6 is 0 Å². The van der Waals surface area contributed by atoms with Gasteiger partial charge in [-0.15, -0.1) is 0 Å². The van der Waals surface area contributed by atoms with Crippen molar-refractivity contribution in [2.45, 2.75) is 37.1 Å². The summed E-state index contributed by atoms with van der Waals surface area (Å²) in [4.78, 5) is 0.279. The molecular formula is C27H28N2O3S. The van der Waals surface area contributed by atoms with Crippen LogP contribution < -0.4 is 14.8 Å². The van der Waals surface area contributed by atoms with Crippen LogP contribution in [0.25, 0.3) is 0 Å². The van der Waals surface area contributed by atoms with E-state index < -0.39 is 10.0 Å². The quantitative estimate of drug-likeness (QED) is 0.463. The molecule has 0 saturated carbocycles. The maximum Gasteiger partial charge on any atom is 0.261 e. The second-order valence-electron chi connectivity index (χ2n) is 8.98. The van der Waals surface area contributed by atoms with Crippen molar-refractivity contribution in [1.29, 1.82) is 0 Å². The van der Waals surface area contributed by atoms with Crippen molar-refractivity contribution in [3.05, 3.63) is 95.1 Å². The zero-order valence-corrected chi connectivity index (χ0v) is 19.8. The van der Waals surface area contributed by atoms with Crippen LogP contribution in [-0.4, -0.2) is 15.5 Å². The number of anilines is 2. The number of hydrogen-bond acceptors (Lipinski definition) is 4. The number of hydrogen-bond donors (Lipinski definition) is 2. The van der Waals surface area contributed by atoms with Gasteiger partial charge in [0, 0.05) is 17.3 Å². The zero-order valence-electron chi connectivity index (χ0n) is 19.0. The van der Waals surface area contributed by atoms with Gasteiger partial charge in [-0.2, -0.15) is 0 Å². The highest BCUT2D eigenvalue weighted by Crippen LogP contribution is 2.50. The molecule has 0 saturated heterocycles. The summed E-state index contributed by atoms with van der Waals surface area (Å²) >= 11 is 0. The van der Waals surface area contributed by atoms with Gasteiger partial charge in [-0.05, 0) is 90.9 Å². The molecule has 33 heavy (non-hydrogen) atoms. The lowest BCUT2D eigenvalue weighted by molar-refractivity contribution is 0.406. The fourth-order valence-electron chi connectivity index (χ4n) is 5.15. The SMILES string of the molecule is COc1cccc(C2Nc3ccc(S(=O)(=O)Nc4cc(C)cc(C)c4)cc3C3C=CCC32)c1. The third-order valence-electron chi connectivity index (χ3n) is 6.57. The zero-order chi connectivity index (χ0) is 23.2. The van der Waals surface area contributed by atoms with Crippen LogP contribution in [0.2, 0.25) is 0 Å². The first-order chi connectivity index (χ1) is 15.8. The Morgan fingerprint density at radius 2 is 1.79 bits per heavy atom. The van der Waals surface area contributed by atoms with Crippen LogP contribution in [0.1, 0.15) is 40.6 Å². The van der Waals surface area contributed by atoms with Crippen LogP contribution in [0.15, 0.2) is 77.7 Å². The van der Waals surface area contributed by atoms with Gasteiger partial charge < -0.3 is 10.1 Å². The van der Waals surface area contributed by atoms with Gasteiger partial charge in [0.2, 0.25) is 0 Å². The standard InChI is InChI=1S/C27H28N2O3S/c1-17-12-18(2)14-20(13-17)29-33(30,31)22-10-11-26-25(16-22)23-8-5-9-24(23)27(28-26)19-6-4-7-21(15-19)32-3/h4-8,10-16,23-24,27-29H,9H2,1-3H3. The molecule has 3 aromatic rings. The second-order valence-corrected chi connectivity index (χ2v) is 10.7. The second kappa shape index (κ2) is 8.27. The van der Waals surface area contributed by atoms with Crippen LogP contribution in [0.4, 0.5) is 11.4 Å². The monoisotopic (exact) mass is 460 g/mol. The molecule has 2 N–H and O–H groups in total. The summed E-state index contributed by atoms with van der Waals surface area (Å²) in [6, 6.07) is 19.4. The summed E-state index contributed by atoms with van der Waals surface area (Å²) in [5, 5.41) is 3.67. The van der Waals surface area contributed by atoms with Gasteiger partial charge in [-0.25, -0.2) is 8.42 Å². The summed E-state index contributed by atoms with van der Waals surface area (Å²) < 4.78 is 34.6. The van der Waals surface area contributed by atoms with Gasteiger partial charge in [0.25, 0.3) is 10.0 Å². The molecule has 0 radical (unpaired) electrons. The van der Waals surface area contributed by atoms with E-state index in [4.69, 9.17) is 4.74 Å². The Labute approximate surface area is 195 Å². The number of aryl methyl sites for hydroxylation is 2. The molecule has 3 unspecified atom stereocenters. The fourth-order valence-corrected chi connectivity index (χ4v) is 6.23. The van der Waals surface area contributed by atoms with Crippen LogP contribution in [-0.2, 0) is 10.0 Å². The van der Waals surface area contributed by atoms with Crippen LogP contribution in [0, 0.1) is 19.8 Å². The molecule has 6 heteroatoms. The molecule has 170 valence electrons. The molecule has 1 aliphatic heterocycles. The lowest BCUT2D eigenvalue weighted by Crippen LogP contribution is -2.29. The Kier molecular flexibility index (Phi) is 5.41. The average Bonchev–Trinajstić information content (AvgIpc) is 3.27. The van der Waals surface area contributed by atoms with Gasteiger partial charge in [-0.1, -0.05) is 30.4 Å². The number of methoxy groups -OCH3 is 1. The van der Waals surface area contributed by atoms with Gasteiger partial charge in [0.05, 0.1) is 18.0 Å². The predicted molar refractivity (Wildman–Crippen MR) is 133 cm³/mol. The highest BCUT2D eigenvalue weighted by molar-refractivity contribution is 7.92. The number of fused-ring (bicyclic) bond motifs is 3. The van der Waals surface area contributed by atoms with Crippen molar-refractivity contribution in [2.24, 2.45) is 5.92 Å². The Morgan fingerprint density at radius 3 is 2.55 bits per heavy atom. The third kappa shape index (κ3) is 4.11. The topological polar surface area (TPSA) is 67.4 Å². The minimum Gasteiger partial charge on any atom is -0.497 e. The summed E-state index contributed by atoms with van der Waals surface area (Å²) in [6.45, 7) is 3.92. The summed E-state index contributed by atoms with van der Waals surface area (Å²) in [7, 11) is -2.02. The average molecular weight is 461 g/mol. The first kappa shape index (κ1) is 21.6. The molecule has 5 rings (SSSR count). The first-order valence-electron chi connectivity index (χ1n) is 11.2. The van der Waals surface area contributed by atoms with Crippen molar-refractivity contribution in [3.8, 4) is 5.75 Å². The maximum absolute atomic E-state index is 13.2. The lowest BCUT2D eigenvalue weighted by Gasteiger charge is -2.37. The predicted octanol–water partition coefficient (Wildman–Crippen LogP) is 5.94. The molecule has 0 aromatic heterocycles. The van der Waals surface area contributed by atoms with Crippen LogP contribution in [0.3, 0.4) is 0 Å². The third-order valence-corrected chi connectivity index (χ3v) is 7.95. The van der Waals surface area contributed by atoms with Gasteiger partial charge in [0.1, 0.15) is 5.75 Å². The normalized spacial score (nSPS) is 21.1. The van der Waals surface area contributed by atoms with E-state index in [0.29, 0.717) is 11.6 Å². The molecule has 1 heterocycles. The Morgan fingerprint density at radius 1 is 1.00 bits per heavy atom. The van der Waals surface area contributed by atoms with Crippen molar-refractivity contribution in [3.63, 3.8) is 0 Å². The largest absolute Gasteiger partial charge is 0.497 e. The number of ether oxygens (including phenoxy) is 1. The molecule has 0 spiro atoms. The van der Waals surface area contributed by atoms with E-state index in [9.17, 15) is 8.42 Å². The van der Waals surface area contributed by atoms with E-state index in [-0.39, 0.29) is 16.9 Å². The highest BCUT2D eigenvalue weighted by Gasteiger charge is 2.38. The smallest absolute Gasteiger partial charge is 0.261 e. The summed E-state index contributed by atoms with van der Waals surface area (Å²) in [5.41, 5.74) is 5.79. The number of rotatable bonds is 5. The lowest BCUT2D eigenvalue weighted by atomic mass is 9.77. The van der Waals surface area contributed by atoms with Crippen molar-refractivity contribution < 1.29 is 13.2 Å². The maximum atomic E-state index is 13.2. The number of benzene rings is 3. The minimum absolute atomic E-state index is 0.128. The molecule has 0 bridgehead atoms. The Bertz CT molecular complexity index is 1330. The van der Waals surface area contributed by atoms with E-state index in [0.717, 1.165) is 34.5 Å². The summed E-state index contributed by atoms with van der Waals surface area (Å²) in [5.74, 6) is 1.31. The first-order valence-corrected chi connectivity index (χ1v) is 12.6. The van der Waals surface area contributed by atoms with Crippen molar-refractivity contribution in [1.82, 2.24) is 0 Å².